The quantitative estimate of drug-likeness (QED) is 0.143. The van der Waals surface area contributed by atoms with Gasteiger partial charge in [0.05, 0.1) is 6.67 Å². The fourth-order valence-electron chi connectivity index (χ4n) is 8.36. The first-order chi connectivity index (χ1) is 24.8. The molecule has 7 rings (SSSR count). The van der Waals surface area contributed by atoms with Crippen molar-refractivity contribution in [3.63, 3.8) is 0 Å². The van der Waals surface area contributed by atoms with Gasteiger partial charge in [0, 0.05) is 48.1 Å². The highest BCUT2D eigenvalue weighted by Crippen LogP contribution is 2.45. The third-order valence-corrected chi connectivity index (χ3v) is 11.3. The molecule has 1 fully saturated rings. The molecule has 0 spiro atoms. The molecule has 0 aliphatic carbocycles. The molecule has 0 radical (unpaired) electrons. The van der Waals surface area contributed by atoms with Gasteiger partial charge in [0.1, 0.15) is 0 Å². The fraction of sp³-hybridized carbons (Fsp3) is 0.265. The normalized spacial score (nSPS) is 15.4. The molecule has 0 amide bonds. The average molecular weight is 669 g/mol. The molecule has 0 N–H and O–H groups in total. The van der Waals surface area contributed by atoms with Crippen LogP contribution in [0.2, 0.25) is 0 Å². The van der Waals surface area contributed by atoms with Crippen molar-refractivity contribution in [2.45, 2.75) is 65.2 Å². The van der Waals surface area contributed by atoms with Crippen LogP contribution in [0.3, 0.4) is 0 Å². The SMILES string of the molecule is Cc1cc(C(C)c2ccccc2)c(N2CCN(c3c(C(C)c4ccccc4)cc(C)cc3C(C)c3ccccc3)C2)c(C(C)c2ccccc2)c1. The predicted molar refractivity (Wildman–Crippen MR) is 218 cm³/mol. The van der Waals surface area contributed by atoms with E-state index >= 15 is 0 Å². The van der Waals surface area contributed by atoms with Gasteiger partial charge in [0.2, 0.25) is 0 Å². The van der Waals surface area contributed by atoms with Crippen molar-refractivity contribution in [1.29, 1.82) is 0 Å². The van der Waals surface area contributed by atoms with E-state index < -0.39 is 0 Å². The van der Waals surface area contributed by atoms with Crippen molar-refractivity contribution >= 4 is 11.4 Å². The number of aryl methyl sites for hydroxylation is 2. The van der Waals surface area contributed by atoms with Gasteiger partial charge in [0.15, 0.2) is 0 Å². The molecule has 1 saturated heterocycles. The van der Waals surface area contributed by atoms with Crippen molar-refractivity contribution in [2.24, 2.45) is 0 Å². The van der Waals surface area contributed by atoms with Gasteiger partial charge in [-0.3, -0.25) is 0 Å². The number of benzene rings is 6. The van der Waals surface area contributed by atoms with Crippen LogP contribution in [0.25, 0.3) is 0 Å². The zero-order chi connectivity index (χ0) is 35.5. The molecule has 2 heteroatoms. The number of rotatable bonds is 10. The molecule has 1 heterocycles. The number of hydrogen-bond acceptors (Lipinski definition) is 2. The molecule has 0 aromatic heterocycles. The Balaban J connectivity index is 1.37. The minimum absolute atomic E-state index is 0.263. The summed E-state index contributed by atoms with van der Waals surface area (Å²) in [6, 6.07) is 54.0. The molecule has 1 aliphatic heterocycles. The molecule has 0 bridgehead atoms. The van der Waals surface area contributed by atoms with Crippen LogP contribution < -0.4 is 9.80 Å². The van der Waals surface area contributed by atoms with E-state index in [0.717, 1.165) is 19.8 Å². The van der Waals surface area contributed by atoms with Crippen LogP contribution in [-0.4, -0.2) is 19.8 Å². The highest BCUT2D eigenvalue weighted by molar-refractivity contribution is 5.71. The van der Waals surface area contributed by atoms with Crippen LogP contribution in [0.1, 0.15) is 107 Å². The first kappa shape index (κ1) is 34.4. The van der Waals surface area contributed by atoms with Crippen LogP contribution in [0.15, 0.2) is 146 Å². The molecule has 6 aromatic carbocycles. The monoisotopic (exact) mass is 668 g/mol. The second-order valence-electron chi connectivity index (χ2n) is 14.8. The third-order valence-electron chi connectivity index (χ3n) is 11.3. The zero-order valence-electron chi connectivity index (χ0n) is 31.2. The first-order valence-corrected chi connectivity index (χ1v) is 18.8. The maximum absolute atomic E-state index is 2.69. The lowest BCUT2D eigenvalue weighted by Gasteiger charge is -2.33. The Morgan fingerprint density at radius 2 is 0.608 bits per heavy atom. The Kier molecular flexibility index (Phi) is 10.1. The van der Waals surface area contributed by atoms with Gasteiger partial charge in [0.25, 0.3) is 0 Å². The first-order valence-electron chi connectivity index (χ1n) is 18.8. The zero-order valence-corrected chi connectivity index (χ0v) is 31.2. The van der Waals surface area contributed by atoms with Crippen molar-refractivity contribution in [3.05, 3.63) is 201 Å². The van der Waals surface area contributed by atoms with E-state index in [1.807, 2.05) is 0 Å². The van der Waals surface area contributed by atoms with Gasteiger partial charge in [-0.25, -0.2) is 0 Å². The molecule has 258 valence electrons. The van der Waals surface area contributed by atoms with E-state index in [4.69, 9.17) is 0 Å². The second kappa shape index (κ2) is 15.0. The maximum Gasteiger partial charge on any atom is 0.0904 e. The van der Waals surface area contributed by atoms with Gasteiger partial charge in [-0.2, -0.15) is 0 Å². The summed E-state index contributed by atoms with van der Waals surface area (Å²) in [4.78, 5) is 5.38. The highest BCUT2D eigenvalue weighted by Gasteiger charge is 2.32. The minimum Gasteiger partial charge on any atom is -0.352 e. The van der Waals surface area contributed by atoms with Gasteiger partial charge in [-0.05, 0) is 58.4 Å². The van der Waals surface area contributed by atoms with E-state index in [2.05, 4.69) is 197 Å². The molecular weight excluding hydrogens is 617 g/mol. The lowest BCUT2D eigenvalue weighted by molar-refractivity contribution is 0.830. The van der Waals surface area contributed by atoms with Gasteiger partial charge >= 0.3 is 0 Å². The van der Waals surface area contributed by atoms with E-state index in [1.165, 1.54) is 67.0 Å². The summed E-state index contributed by atoms with van der Waals surface area (Å²) in [5.74, 6) is 1.05. The van der Waals surface area contributed by atoms with E-state index in [-0.39, 0.29) is 23.7 Å². The molecule has 51 heavy (non-hydrogen) atoms. The summed E-state index contributed by atoms with van der Waals surface area (Å²) in [5.41, 5.74) is 16.5. The van der Waals surface area contributed by atoms with Crippen molar-refractivity contribution in [3.8, 4) is 0 Å². The van der Waals surface area contributed by atoms with Crippen LogP contribution in [0, 0.1) is 13.8 Å². The summed E-state index contributed by atoms with van der Waals surface area (Å²) in [7, 11) is 0. The Morgan fingerprint density at radius 3 is 0.843 bits per heavy atom. The van der Waals surface area contributed by atoms with Crippen molar-refractivity contribution in [2.75, 3.05) is 29.6 Å². The van der Waals surface area contributed by atoms with E-state index in [0.29, 0.717) is 0 Å². The summed E-state index contributed by atoms with van der Waals surface area (Å²) in [5, 5.41) is 0. The maximum atomic E-state index is 2.69. The van der Waals surface area contributed by atoms with Gasteiger partial charge in [-0.15, -0.1) is 0 Å². The number of hydrogen-bond donors (Lipinski definition) is 0. The molecule has 2 nitrogen and oxygen atoms in total. The number of anilines is 2. The smallest absolute Gasteiger partial charge is 0.0904 e. The van der Waals surface area contributed by atoms with Crippen LogP contribution in [0.5, 0.6) is 0 Å². The van der Waals surface area contributed by atoms with Crippen molar-refractivity contribution in [1.82, 2.24) is 0 Å². The molecular formula is C49H52N2. The highest BCUT2D eigenvalue weighted by atomic mass is 15.4. The Hall–Kier alpha value is -5.08. The standard InChI is InChI=1S/C49H52N2/c1-34-29-44(36(3)40-19-11-7-12-20-40)48(45(30-34)37(4)41-21-13-8-14-22-41)50-27-28-51(33-50)49-46(38(5)42-23-15-9-16-24-42)31-35(2)32-47(49)39(6)43-25-17-10-18-26-43/h7-26,29-32,36-39H,27-28,33H2,1-6H3. The summed E-state index contributed by atoms with van der Waals surface area (Å²) < 4.78 is 0. The minimum atomic E-state index is 0.263. The summed E-state index contributed by atoms with van der Waals surface area (Å²) >= 11 is 0. The molecule has 4 atom stereocenters. The third kappa shape index (κ3) is 7.10. The topological polar surface area (TPSA) is 6.48 Å². The van der Waals surface area contributed by atoms with Gasteiger partial charge < -0.3 is 9.80 Å². The molecule has 1 aliphatic rings. The lowest BCUT2D eigenvalue weighted by Crippen LogP contribution is -2.29. The van der Waals surface area contributed by atoms with E-state index in [1.54, 1.807) is 0 Å². The molecule has 4 unspecified atom stereocenters. The number of nitrogens with zero attached hydrogens (tertiary/aromatic N) is 2. The van der Waals surface area contributed by atoms with Crippen LogP contribution in [0.4, 0.5) is 11.4 Å². The van der Waals surface area contributed by atoms with Crippen LogP contribution >= 0.6 is 0 Å². The Morgan fingerprint density at radius 1 is 0.373 bits per heavy atom. The molecule has 0 saturated carbocycles. The Labute approximate surface area is 306 Å². The fourth-order valence-corrected chi connectivity index (χ4v) is 8.36. The summed E-state index contributed by atoms with van der Waals surface area (Å²) in [6.45, 7) is 16.9. The molecule has 6 aromatic rings. The summed E-state index contributed by atoms with van der Waals surface area (Å²) in [6.07, 6.45) is 0. The second-order valence-corrected chi connectivity index (χ2v) is 14.8. The average Bonchev–Trinajstić information content (AvgIpc) is 3.66. The van der Waals surface area contributed by atoms with Crippen LogP contribution in [-0.2, 0) is 0 Å². The van der Waals surface area contributed by atoms with Gasteiger partial charge in [-0.1, -0.05) is 184 Å². The Bertz CT molecular complexity index is 1770. The van der Waals surface area contributed by atoms with E-state index in [9.17, 15) is 0 Å². The lowest BCUT2D eigenvalue weighted by atomic mass is 9.83. The van der Waals surface area contributed by atoms with Crippen molar-refractivity contribution < 1.29 is 0 Å². The predicted octanol–water partition coefficient (Wildman–Crippen LogP) is 12.2. The largest absolute Gasteiger partial charge is 0.352 e.